The lowest BCUT2D eigenvalue weighted by molar-refractivity contribution is 0.0786. The van der Waals surface area contributed by atoms with Crippen LogP contribution >= 0.6 is 0 Å². The first-order valence-corrected chi connectivity index (χ1v) is 14.3. The monoisotopic (exact) mass is 558 g/mol. The van der Waals surface area contributed by atoms with E-state index in [1.807, 2.05) is 12.1 Å². The third-order valence-corrected chi connectivity index (χ3v) is 8.82. The first kappa shape index (κ1) is 27.6. The fraction of sp³-hybridized carbons (Fsp3) is 0.219. The largest absolute Gasteiger partial charge is 0.456 e. The van der Waals surface area contributed by atoms with E-state index in [9.17, 15) is 17.9 Å². The van der Waals surface area contributed by atoms with Crippen LogP contribution in [0.4, 0.5) is 4.39 Å². The van der Waals surface area contributed by atoms with Crippen LogP contribution in [0.2, 0.25) is 0 Å². The molecule has 2 heterocycles. The van der Waals surface area contributed by atoms with Crippen molar-refractivity contribution < 1.29 is 22.7 Å². The Morgan fingerprint density at radius 1 is 0.875 bits per heavy atom. The quantitative estimate of drug-likeness (QED) is 0.236. The van der Waals surface area contributed by atoms with Gasteiger partial charge >= 0.3 is 0 Å². The second kappa shape index (κ2) is 9.87. The number of rotatable bonds is 6. The van der Waals surface area contributed by atoms with Crippen molar-refractivity contribution in [2.24, 2.45) is 0 Å². The first-order valence-electron chi connectivity index (χ1n) is 12.9. The van der Waals surface area contributed by atoms with Crippen molar-refractivity contribution in [3.63, 3.8) is 0 Å². The average molecular weight is 559 g/mol. The van der Waals surface area contributed by atoms with Crippen molar-refractivity contribution in [3.8, 4) is 22.6 Å². The molecule has 5 aromatic rings. The summed E-state index contributed by atoms with van der Waals surface area (Å²) in [6, 6.07) is 18.6. The topological polar surface area (TPSA) is 81.4 Å². The number of fused-ring (bicyclic) bond motifs is 1. The van der Waals surface area contributed by atoms with Gasteiger partial charge in [0.1, 0.15) is 17.3 Å². The number of aromatic nitrogens is 2. The molecule has 0 atom stereocenters. The molecule has 6 nitrogen and oxygen atoms in total. The Bertz CT molecular complexity index is 1860. The van der Waals surface area contributed by atoms with E-state index < -0.39 is 15.6 Å². The van der Waals surface area contributed by atoms with Gasteiger partial charge in [0.2, 0.25) is 0 Å². The number of aliphatic hydroxyl groups is 1. The highest BCUT2D eigenvalue weighted by Gasteiger charge is 2.25. The molecule has 206 valence electrons. The van der Waals surface area contributed by atoms with E-state index in [1.165, 1.54) is 22.3 Å². The Labute approximate surface area is 233 Å². The molecule has 0 spiro atoms. The van der Waals surface area contributed by atoms with Gasteiger partial charge in [0.25, 0.3) is 10.0 Å². The summed E-state index contributed by atoms with van der Waals surface area (Å²) in [5.41, 5.74) is 3.65. The lowest BCUT2D eigenvalue weighted by atomic mass is 9.92. The number of aryl methyl sites for hydroxylation is 4. The van der Waals surface area contributed by atoms with E-state index in [0.29, 0.717) is 56.0 Å². The molecule has 0 aliphatic heterocycles. The van der Waals surface area contributed by atoms with E-state index in [4.69, 9.17) is 4.74 Å². The Balaban J connectivity index is 1.76. The zero-order valence-electron chi connectivity index (χ0n) is 23.3. The Hall–Kier alpha value is -4.01. The van der Waals surface area contributed by atoms with Crippen LogP contribution in [0.3, 0.4) is 0 Å². The lowest BCUT2D eigenvalue weighted by Gasteiger charge is -2.22. The maximum atomic E-state index is 14.0. The zero-order valence-corrected chi connectivity index (χ0v) is 24.1. The molecule has 0 radical (unpaired) electrons. The fourth-order valence-electron chi connectivity index (χ4n) is 4.96. The normalized spacial score (nSPS) is 12.2. The van der Waals surface area contributed by atoms with Crippen LogP contribution < -0.4 is 4.74 Å². The number of hydrogen-bond acceptors (Lipinski definition) is 5. The smallest absolute Gasteiger partial charge is 0.269 e. The summed E-state index contributed by atoms with van der Waals surface area (Å²) < 4.78 is 49.0. The van der Waals surface area contributed by atoms with Gasteiger partial charge in [-0.2, -0.15) is 0 Å². The number of hydrogen-bond donors (Lipinski definition) is 1. The van der Waals surface area contributed by atoms with Crippen molar-refractivity contribution >= 4 is 21.1 Å². The third-order valence-electron chi connectivity index (χ3n) is 7.00. The zero-order chi connectivity index (χ0) is 29.0. The van der Waals surface area contributed by atoms with Crippen molar-refractivity contribution in [3.05, 3.63) is 107 Å². The molecule has 0 bridgehead atoms. The Morgan fingerprint density at radius 3 is 2.20 bits per heavy atom. The molecule has 0 aliphatic rings. The number of ether oxygens (including phenoxy) is 1. The second-order valence-corrected chi connectivity index (χ2v) is 12.5. The molecule has 40 heavy (non-hydrogen) atoms. The molecule has 5 rings (SSSR count). The van der Waals surface area contributed by atoms with Gasteiger partial charge in [-0.15, -0.1) is 0 Å². The van der Waals surface area contributed by atoms with Gasteiger partial charge in [0.15, 0.2) is 5.65 Å². The van der Waals surface area contributed by atoms with Crippen LogP contribution in [-0.4, -0.2) is 22.5 Å². The standard InChI is InChI=1S/C32H31FN2O4S/c1-19-9-7-8-10-29(19)40(37,38)35-14-13-25-26(17-22(4)34-31(25)35)27-18-23(32(5,6)36)11-12-28(27)39-30-20(2)15-24(33)16-21(30)3/h7-18,36H,1-6H3. The molecule has 0 aliphatic carbocycles. The van der Waals surface area contributed by atoms with Gasteiger partial charge in [-0.1, -0.05) is 24.3 Å². The molecule has 8 heteroatoms. The molecule has 0 unspecified atom stereocenters. The lowest BCUT2D eigenvalue weighted by Crippen LogP contribution is -2.15. The Morgan fingerprint density at radius 2 is 1.55 bits per heavy atom. The highest BCUT2D eigenvalue weighted by molar-refractivity contribution is 7.90. The van der Waals surface area contributed by atoms with Crippen LogP contribution in [0.5, 0.6) is 11.5 Å². The maximum Gasteiger partial charge on any atom is 0.269 e. The molecule has 0 saturated heterocycles. The summed E-state index contributed by atoms with van der Waals surface area (Å²) in [7, 11) is -3.93. The van der Waals surface area contributed by atoms with Crippen molar-refractivity contribution in [2.75, 3.05) is 0 Å². The highest BCUT2D eigenvalue weighted by Crippen LogP contribution is 2.41. The molecule has 1 N–H and O–H groups in total. The third kappa shape index (κ3) is 4.89. The summed E-state index contributed by atoms with van der Waals surface area (Å²) in [6.07, 6.45) is 1.51. The minimum absolute atomic E-state index is 0.202. The SMILES string of the molecule is Cc1cc(-c2cc(C(C)(C)O)ccc2Oc2c(C)cc(F)cc2C)c2ccn(S(=O)(=O)c3ccccc3C)c2n1. The van der Waals surface area contributed by atoms with Crippen molar-refractivity contribution in [1.29, 1.82) is 0 Å². The van der Waals surface area contributed by atoms with Crippen LogP contribution in [0.25, 0.3) is 22.2 Å². The number of pyridine rings is 1. The van der Waals surface area contributed by atoms with Crippen LogP contribution in [0.15, 0.2) is 77.8 Å². The second-order valence-electron chi connectivity index (χ2n) is 10.7. The molecule has 0 fully saturated rings. The van der Waals surface area contributed by atoms with E-state index in [1.54, 1.807) is 84.0 Å². The van der Waals surface area contributed by atoms with Gasteiger partial charge in [-0.3, -0.25) is 0 Å². The first-order chi connectivity index (χ1) is 18.8. The molecular weight excluding hydrogens is 527 g/mol. The predicted octanol–water partition coefficient (Wildman–Crippen LogP) is 7.33. The molecular formula is C32H31FN2O4S. The van der Waals surface area contributed by atoms with E-state index in [0.717, 1.165) is 0 Å². The maximum absolute atomic E-state index is 14.0. The van der Waals surface area contributed by atoms with Gasteiger partial charge in [0, 0.05) is 22.8 Å². The van der Waals surface area contributed by atoms with E-state index >= 15 is 0 Å². The fourth-order valence-corrected chi connectivity index (χ4v) is 6.48. The molecule has 3 aromatic carbocycles. The van der Waals surface area contributed by atoms with Gasteiger partial charge in [0.05, 0.1) is 10.5 Å². The average Bonchev–Trinajstić information content (AvgIpc) is 3.30. The van der Waals surface area contributed by atoms with E-state index in [-0.39, 0.29) is 16.4 Å². The summed E-state index contributed by atoms with van der Waals surface area (Å²) in [5, 5.41) is 11.4. The minimum Gasteiger partial charge on any atom is -0.456 e. The van der Waals surface area contributed by atoms with Gasteiger partial charge in [-0.05, 0) is 112 Å². The number of nitrogens with zero attached hydrogens (tertiary/aromatic N) is 2. The van der Waals surface area contributed by atoms with E-state index in [2.05, 4.69) is 4.98 Å². The Kier molecular flexibility index (Phi) is 6.80. The molecule has 0 saturated carbocycles. The van der Waals surface area contributed by atoms with Crippen LogP contribution in [0, 0.1) is 33.5 Å². The summed E-state index contributed by atoms with van der Waals surface area (Å²) >= 11 is 0. The van der Waals surface area contributed by atoms with Gasteiger partial charge in [-0.25, -0.2) is 21.8 Å². The number of benzene rings is 3. The predicted molar refractivity (Wildman–Crippen MR) is 155 cm³/mol. The minimum atomic E-state index is -3.93. The number of halogens is 1. The molecule has 0 amide bonds. The van der Waals surface area contributed by atoms with Crippen LogP contribution in [-0.2, 0) is 15.6 Å². The summed E-state index contributed by atoms with van der Waals surface area (Å²) in [6.45, 7) is 10.5. The van der Waals surface area contributed by atoms with Gasteiger partial charge < -0.3 is 9.84 Å². The molecule has 2 aromatic heterocycles. The van der Waals surface area contributed by atoms with Crippen molar-refractivity contribution in [2.45, 2.75) is 52.0 Å². The highest BCUT2D eigenvalue weighted by atomic mass is 32.2. The summed E-state index contributed by atoms with van der Waals surface area (Å²) in [5.74, 6) is 0.662. The van der Waals surface area contributed by atoms with Crippen molar-refractivity contribution in [1.82, 2.24) is 8.96 Å². The van der Waals surface area contributed by atoms with Crippen LogP contribution in [0.1, 0.15) is 41.8 Å². The summed E-state index contributed by atoms with van der Waals surface area (Å²) in [4.78, 5) is 4.82.